The van der Waals surface area contributed by atoms with Crippen LogP contribution in [-0.4, -0.2) is 64.1 Å². The molecule has 16 heavy (non-hydrogen) atoms. The van der Waals surface area contributed by atoms with E-state index in [-0.39, 0.29) is 15.0 Å². The molecule has 5 nitrogen and oxygen atoms in total. The minimum atomic E-state index is -1.07. The summed E-state index contributed by atoms with van der Waals surface area (Å²) in [7, 11) is 0. The SMILES string of the molecule is C[Se]CCC(NC(=O)C(O)C[Se]C)C(=O)O. The first kappa shape index (κ1) is 15.9. The zero-order valence-electron chi connectivity index (χ0n) is 9.30. The molecule has 0 radical (unpaired) electrons. The summed E-state index contributed by atoms with van der Waals surface area (Å²) in [6.07, 6.45) is -0.638. The van der Waals surface area contributed by atoms with Gasteiger partial charge in [0.25, 0.3) is 0 Å². The van der Waals surface area contributed by atoms with Crippen LogP contribution in [0.3, 0.4) is 0 Å². The zero-order valence-corrected chi connectivity index (χ0v) is 12.7. The summed E-state index contributed by atoms with van der Waals surface area (Å²) in [5, 5.41) is 21.9. The Bertz CT molecular complexity index is 238. The van der Waals surface area contributed by atoms with Gasteiger partial charge in [-0.15, -0.1) is 0 Å². The molecule has 3 N–H and O–H groups in total. The van der Waals surface area contributed by atoms with Gasteiger partial charge in [0.05, 0.1) is 0 Å². The number of aliphatic carboxylic acids is 1. The Hall–Kier alpha value is -0.0610. The van der Waals surface area contributed by atoms with Crippen LogP contribution in [0.15, 0.2) is 0 Å². The van der Waals surface area contributed by atoms with Gasteiger partial charge in [-0.1, -0.05) is 0 Å². The number of hydrogen-bond acceptors (Lipinski definition) is 3. The average molecular weight is 361 g/mol. The molecular formula is C9H17NO4Se2. The summed E-state index contributed by atoms with van der Waals surface area (Å²) < 4.78 is 0. The summed E-state index contributed by atoms with van der Waals surface area (Å²) in [5.41, 5.74) is 0. The third-order valence-electron chi connectivity index (χ3n) is 1.85. The number of carboxylic acids is 1. The fraction of sp³-hybridized carbons (Fsp3) is 0.778. The molecule has 0 bridgehead atoms. The van der Waals surface area contributed by atoms with Gasteiger partial charge in [-0.2, -0.15) is 0 Å². The Morgan fingerprint density at radius 2 is 1.94 bits per heavy atom. The predicted molar refractivity (Wildman–Crippen MR) is 63.0 cm³/mol. The summed E-state index contributed by atoms with van der Waals surface area (Å²) in [5.74, 6) is 2.33. The molecule has 94 valence electrons. The van der Waals surface area contributed by atoms with E-state index in [9.17, 15) is 14.7 Å². The predicted octanol–water partition coefficient (Wildman–Crippen LogP) is -0.352. The van der Waals surface area contributed by atoms with Gasteiger partial charge in [0.2, 0.25) is 0 Å². The van der Waals surface area contributed by atoms with Gasteiger partial charge in [0.1, 0.15) is 0 Å². The Morgan fingerprint density at radius 1 is 1.31 bits per heavy atom. The number of carbonyl (C=O) groups excluding carboxylic acids is 1. The van der Waals surface area contributed by atoms with Gasteiger partial charge in [-0.3, -0.25) is 0 Å². The van der Waals surface area contributed by atoms with E-state index in [1.54, 1.807) is 0 Å². The number of rotatable bonds is 8. The van der Waals surface area contributed by atoms with Crippen LogP contribution in [0.25, 0.3) is 0 Å². The van der Waals surface area contributed by atoms with E-state index in [4.69, 9.17) is 5.11 Å². The molecule has 1 amide bonds. The van der Waals surface area contributed by atoms with Crippen molar-refractivity contribution in [3.63, 3.8) is 0 Å². The van der Waals surface area contributed by atoms with Crippen LogP contribution in [-0.2, 0) is 9.59 Å². The van der Waals surface area contributed by atoms with E-state index in [2.05, 4.69) is 5.32 Å². The van der Waals surface area contributed by atoms with Crippen molar-refractivity contribution in [1.29, 1.82) is 0 Å². The van der Waals surface area contributed by atoms with Crippen LogP contribution in [0, 0.1) is 0 Å². The second-order valence-electron chi connectivity index (χ2n) is 3.15. The molecule has 0 aromatic carbocycles. The van der Waals surface area contributed by atoms with Crippen molar-refractivity contribution < 1.29 is 19.8 Å². The standard InChI is InChI=1S/C9H17NO4Se2/c1-15-4-3-6(9(13)14)10-8(12)7(11)5-16-2/h6-7,11H,3-5H2,1-2H3,(H,10,12)(H,13,14). The third-order valence-corrected chi connectivity index (χ3v) is 4.57. The average Bonchev–Trinajstić information content (AvgIpc) is 2.23. The molecule has 0 rings (SSSR count). The van der Waals surface area contributed by atoms with Gasteiger partial charge in [-0.05, 0) is 0 Å². The summed E-state index contributed by atoms with van der Waals surface area (Å²) in [4.78, 5) is 22.2. The summed E-state index contributed by atoms with van der Waals surface area (Å²) >= 11 is 0.589. The quantitative estimate of drug-likeness (QED) is 0.516. The second-order valence-corrected chi connectivity index (χ2v) is 7.13. The Kier molecular flexibility index (Phi) is 8.99. The van der Waals surface area contributed by atoms with Crippen molar-refractivity contribution in [3.05, 3.63) is 0 Å². The van der Waals surface area contributed by atoms with Crippen LogP contribution in [0.1, 0.15) is 6.42 Å². The molecule has 0 saturated heterocycles. The first-order chi connectivity index (χ1) is 7.52. The normalized spacial score (nSPS) is 14.2. The number of aliphatic hydroxyl groups excluding tert-OH is 1. The number of nitrogens with one attached hydrogen (secondary N) is 1. The third kappa shape index (κ3) is 6.51. The van der Waals surface area contributed by atoms with Crippen LogP contribution in [0.2, 0.25) is 22.3 Å². The molecule has 0 heterocycles. The van der Waals surface area contributed by atoms with Crippen LogP contribution >= 0.6 is 0 Å². The first-order valence-electron chi connectivity index (χ1n) is 4.72. The molecule has 0 fully saturated rings. The van der Waals surface area contributed by atoms with E-state index < -0.39 is 24.0 Å². The van der Waals surface area contributed by atoms with Crippen molar-refractivity contribution >= 4 is 41.8 Å². The summed E-state index contributed by atoms with van der Waals surface area (Å²) in [6.45, 7) is 0. The number of carbonyl (C=O) groups is 2. The number of amides is 1. The van der Waals surface area contributed by atoms with E-state index in [1.165, 1.54) is 0 Å². The van der Waals surface area contributed by atoms with Gasteiger partial charge in [-0.25, -0.2) is 0 Å². The molecule has 0 aromatic rings. The van der Waals surface area contributed by atoms with Crippen molar-refractivity contribution in [2.75, 3.05) is 0 Å². The molecule has 0 aromatic heterocycles. The molecule has 0 saturated carbocycles. The molecular weight excluding hydrogens is 344 g/mol. The van der Waals surface area contributed by atoms with Gasteiger partial charge >= 0.3 is 108 Å². The monoisotopic (exact) mass is 363 g/mol. The number of hydrogen-bond donors (Lipinski definition) is 3. The Labute approximate surface area is 108 Å². The van der Waals surface area contributed by atoms with Gasteiger partial charge in [0.15, 0.2) is 0 Å². The molecule has 0 aliphatic rings. The first-order valence-corrected chi connectivity index (χ1v) is 10.6. The van der Waals surface area contributed by atoms with Crippen molar-refractivity contribution in [3.8, 4) is 0 Å². The Morgan fingerprint density at radius 3 is 2.38 bits per heavy atom. The second kappa shape index (κ2) is 9.02. The maximum absolute atomic E-state index is 11.4. The number of aliphatic hydroxyl groups is 1. The van der Waals surface area contributed by atoms with Crippen LogP contribution in [0.5, 0.6) is 0 Å². The van der Waals surface area contributed by atoms with Gasteiger partial charge in [0, 0.05) is 0 Å². The van der Waals surface area contributed by atoms with E-state index in [1.807, 2.05) is 11.6 Å². The molecule has 2 unspecified atom stereocenters. The topological polar surface area (TPSA) is 86.6 Å². The van der Waals surface area contributed by atoms with E-state index in [0.717, 1.165) is 5.32 Å². The van der Waals surface area contributed by atoms with Crippen molar-refractivity contribution in [2.45, 2.75) is 40.8 Å². The summed E-state index contributed by atoms with van der Waals surface area (Å²) in [6, 6.07) is -0.867. The van der Waals surface area contributed by atoms with E-state index >= 15 is 0 Å². The van der Waals surface area contributed by atoms with E-state index in [0.29, 0.717) is 26.7 Å². The van der Waals surface area contributed by atoms with Crippen molar-refractivity contribution in [2.24, 2.45) is 0 Å². The zero-order chi connectivity index (χ0) is 12.6. The van der Waals surface area contributed by atoms with Gasteiger partial charge < -0.3 is 0 Å². The molecule has 0 aliphatic heterocycles. The molecule has 0 spiro atoms. The number of carboxylic acid groups (broad SMARTS) is 1. The molecule has 7 heteroatoms. The minimum absolute atomic E-state index is 0.196. The Balaban J connectivity index is 4.17. The van der Waals surface area contributed by atoms with Crippen LogP contribution < -0.4 is 5.32 Å². The fourth-order valence-electron chi connectivity index (χ4n) is 0.995. The van der Waals surface area contributed by atoms with Crippen molar-refractivity contribution in [1.82, 2.24) is 5.32 Å². The maximum atomic E-state index is 11.4. The molecule has 0 aliphatic carbocycles. The van der Waals surface area contributed by atoms with Crippen LogP contribution in [0.4, 0.5) is 0 Å². The fourth-order valence-corrected chi connectivity index (χ4v) is 2.96. The molecule has 2 atom stereocenters.